The second-order valence-corrected chi connectivity index (χ2v) is 1.46. The average molecular weight is 154 g/mol. The zero-order chi connectivity index (χ0) is 6.57. The van der Waals surface area contributed by atoms with Crippen molar-refractivity contribution in [1.82, 2.24) is 14.7 Å². The summed E-state index contributed by atoms with van der Waals surface area (Å²) in [5.74, 6) is 4.68. The molecular weight excluding hydrogens is 148 g/mol. The molecule has 0 bridgehead atoms. The first-order valence-electron chi connectivity index (χ1n) is 1.61. The third kappa shape index (κ3) is 2.26. The maximum Gasteiger partial charge on any atom is 0.356 e. The maximum atomic E-state index is 10.2. The van der Waals surface area contributed by atoms with E-state index in [0.717, 1.165) is 4.41 Å². The topological polar surface area (TPSA) is 70.4 Å². The summed E-state index contributed by atoms with van der Waals surface area (Å²) in [4.78, 5) is 12.4. The van der Waals surface area contributed by atoms with Crippen LogP contribution in [0.2, 0.25) is 0 Å². The van der Waals surface area contributed by atoms with Crippen LogP contribution in [0.25, 0.3) is 0 Å². The highest BCUT2D eigenvalue weighted by Crippen LogP contribution is 1.86. The van der Waals surface area contributed by atoms with Crippen LogP contribution in [-0.4, -0.2) is 10.4 Å². The van der Waals surface area contributed by atoms with Gasteiger partial charge < -0.3 is 0 Å². The quantitative estimate of drug-likeness (QED) is 0.147. The first-order valence-corrected chi connectivity index (χ1v) is 2.46. The molecule has 0 aliphatic heterocycles. The summed E-state index contributed by atoms with van der Waals surface area (Å²) in [6.07, 6.45) is 0. The molecule has 0 heterocycles. The van der Waals surface area contributed by atoms with Crippen molar-refractivity contribution >= 4 is 31.7 Å². The molecule has 0 unspecified atom stereocenters. The number of thiol groups is 2. The zero-order valence-corrected chi connectivity index (χ0v) is 5.62. The number of nitrogens with zero attached hydrogens (tertiary/aromatic N) is 1. The van der Waals surface area contributed by atoms with Gasteiger partial charge in [-0.1, -0.05) is 12.8 Å². The van der Waals surface area contributed by atoms with Crippen LogP contribution < -0.4 is 16.1 Å². The number of carbonyl (C=O) groups excluding carboxylic acids is 1. The molecule has 4 N–H and O–H groups in total. The van der Waals surface area contributed by atoms with Gasteiger partial charge in [-0.2, -0.15) is 9.25 Å². The van der Waals surface area contributed by atoms with Gasteiger partial charge in [0.25, 0.3) is 0 Å². The fourth-order valence-corrected chi connectivity index (χ4v) is 0.255. The van der Waals surface area contributed by atoms with Gasteiger partial charge in [0.05, 0.1) is 0 Å². The van der Waals surface area contributed by atoms with Crippen LogP contribution in [0.5, 0.6) is 0 Å². The number of urea groups is 1. The predicted octanol–water partition coefficient (Wildman–Crippen LogP) is -0.934. The van der Waals surface area contributed by atoms with Gasteiger partial charge in [-0.3, -0.25) is 5.43 Å². The molecule has 0 aromatic heterocycles. The lowest BCUT2D eigenvalue weighted by Crippen LogP contribution is -2.42. The highest BCUT2D eigenvalue weighted by molar-refractivity contribution is 7.81. The fourth-order valence-electron chi connectivity index (χ4n) is 0.107. The summed E-state index contributed by atoms with van der Waals surface area (Å²) in [7, 11) is 0. The summed E-state index contributed by atoms with van der Waals surface area (Å²) in [5, 5.41) is 0. The normalized spacial score (nSPS) is 8.38. The van der Waals surface area contributed by atoms with Crippen LogP contribution in [0.3, 0.4) is 0 Å². The Kier molecular flexibility index (Phi) is 3.79. The van der Waals surface area contributed by atoms with Crippen molar-refractivity contribution in [2.75, 3.05) is 0 Å². The van der Waals surface area contributed by atoms with E-state index in [1.165, 1.54) is 0 Å². The monoisotopic (exact) mass is 154 g/mol. The number of hydrogen-bond donors (Lipinski definition) is 5. The van der Waals surface area contributed by atoms with Crippen LogP contribution in [0, 0.1) is 0 Å². The lowest BCUT2D eigenvalue weighted by Gasteiger charge is -2.09. The van der Waals surface area contributed by atoms with E-state index >= 15 is 0 Å². The van der Waals surface area contributed by atoms with Crippen LogP contribution in [0.4, 0.5) is 4.79 Å². The van der Waals surface area contributed by atoms with Gasteiger partial charge in [0.1, 0.15) is 0 Å². The second kappa shape index (κ2) is 3.84. The molecule has 0 aliphatic rings. The van der Waals surface area contributed by atoms with Gasteiger partial charge in [-0.15, -0.1) is 0 Å². The molecule has 0 atom stereocenters. The Morgan fingerprint density at radius 1 is 1.75 bits per heavy atom. The van der Waals surface area contributed by atoms with E-state index in [0.29, 0.717) is 0 Å². The van der Waals surface area contributed by atoms with Crippen molar-refractivity contribution in [1.29, 1.82) is 0 Å². The summed E-state index contributed by atoms with van der Waals surface area (Å²) in [6, 6.07) is -0.580. The van der Waals surface area contributed by atoms with E-state index in [2.05, 4.69) is 36.3 Å². The lowest BCUT2D eigenvalue weighted by molar-refractivity contribution is 0.224. The molecule has 0 spiro atoms. The van der Waals surface area contributed by atoms with Crippen molar-refractivity contribution in [2.24, 2.45) is 5.84 Å². The number of carbonyl (C=O) groups is 1. The molecule has 0 saturated carbocycles. The zero-order valence-electron chi connectivity index (χ0n) is 3.83. The van der Waals surface area contributed by atoms with Crippen LogP contribution in [-0.2, 0) is 0 Å². The Balaban J connectivity index is 3.46. The molecular formula is CH6N4OS2. The van der Waals surface area contributed by atoms with Gasteiger partial charge in [0.15, 0.2) is 0 Å². The maximum absolute atomic E-state index is 10.2. The average Bonchev–Trinajstić information content (AvgIpc) is 1.84. The van der Waals surface area contributed by atoms with Crippen molar-refractivity contribution < 1.29 is 4.79 Å². The summed E-state index contributed by atoms with van der Waals surface area (Å²) >= 11 is 7.05. The van der Waals surface area contributed by atoms with Crippen molar-refractivity contribution in [3.63, 3.8) is 0 Å². The van der Waals surface area contributed by atoms with Crippen LogP contribution in [0.15, 0.2) is 0 Å². The molecule has 5 nitrogen and oxygen atoms in total. The minimum atomic E-state index is -0.580. The van der Waals surface area contributed by atoms with E-state index in [1.54, 1.807) is 0 Å². The summed E-state index contributed by atoms with van der Waals surface area (Å²) in [5.41, 5.74) is 1.81. The first kappa shape index (κ1) is 7.89. The molecule has 0 aliphatic carbocycles. The van der Waals surface area contributed by atoms with Crippen LogP contribution >= 0.6 is 25.6 Å². The summed E-state index contributed by atoms with van der Waals surface area (Å²) < 4.78 is 0.781. The van der Waals surface area contributed by atoms with Gasteiger partial charge in [-0.05, 0) is 12.8 Å². The smallest absolute Gasteiger partial charge is 0.274 e. The Bertz CT molecular complexity index is 86.1. The Labute approximate surface area is 57.6 Å². The molecule has 0 aromatic carbocycles. The number of hydrogen-bond acceptors (Lipinski definition) is 5. The number of nitrogens with two attached hydrogens (primary N) is 1. The predicted molar refractivity (Wildman–Crippen MR) is 35.7 cm³/mol. The van der Waals surface area contributed by atoms with Gasteiger partial charge in [0.2, 0.25) is 0 Å². The number of hydrazine groups is 2. The molecule has 48 valence electrons. The molecule has 0 radical (unpaired) electrons. The summed E-state index contributed by atoms with van der Waals surface area (Å²) in [6.45, 7) is 0. The van der Waals surface area contributed by atoms with Gasteiger partial charge >= 0.3 is 6.03 Å². The van der Waals surface area contributed by atoms with Gasteiger partial charge in [0, 0.05) is 0 Å². The van der Waals surface area contributed by atoms with E-state index in [9.17, 15) is 4.79 Å². The first-order chi connectivity index (χ1) is 3.72. The van der Waals surface area contributed by atoms with E-state index in [4.69, 9.17) is 0 Å². The molecule has 2 amide bonds. The second-order valence-electron chi connectivity index (χ2n) is 0.861. The molecule has 0 saturated heterocycles. The molecule has 8 heavy (non-hydrogen) atoms. The van der Waals surface area contributed by atoms with E-state index in [1.807, 2.05) is 5.43 Å². The SMILES string of the molecule is NNC(=O)N(S)NS. The Hall–Kier alpha value is -0.110. The number of amides is 2. The largest absolute Gasteiger partial charge is 0.356 e. The van der Waals surface area contributed by atoms with E-state index < -0.39 is 6.03 Å². The standard InChI is InChI=1S/CH6N4OS2/c2-3-1(6)5(8)4-7/h4,7-8H,2H2,(H,3,6). The van der Waals surface area contributed by atoms with Gasteiger partial charge in [-0.25, -0.2) is 10.6 Å². The molecule has 0 fully saturated rings. The highest BCUT2D eigenvalue weighted by atomic mass is 32.1. The number of rotatable bonds is 1. The fraction of sp³-hybridized carbons (Fsp3) is 0. The van der Waals surface area contributed by atoms with Crippen molar-refractivity contribution in [3.05, 3.63) is 0 Å². The van der Waals surface area contributed by atoms with Crippen molar-refractivity contribution in [2.45, 2.75) is 0 Å². The third-order valence-electron chi connectivity index (χ3n) is 0.411. The number of nitrogens with one attached hydrogen (secondary N) is 2. The van der Waals surface area contributed by atoms with Crippen molar-refractivity contribution in [3.8, 4) is 0 Å². The molecule has 7 heteroatoms. The minimum absolute atomic E-state index is 0.580. The van der Waals surface area contributed by atoms with Crippen LogP contribution in [0.1, 0.15) is 0 Å². The molecule has 0 aromatic rings. The van der Waals surface area contributed by atoms with E-state index in [-0.39, 0.29) is 0 Å². The highest BCUT2D eigenvalue weighted by Gasteiger charge is 2.01. The molecule has 0 rings (SSSR count). The minimum Gasteiger partial charge on any atom is -0.274 e. The third-order valence-corrected chi connectivity index (χ3v) is 1.05. The Morgan fingerprint density at radius 3 is 2.38 bits per heavy atom. The lowest BCUT2D eigenvalue weighted by atomic mass is 11.1. The Morgan fingerprint density at radius 2 is 2.25 bits per heavy atom.